The summed E-state index contributed by atoms with van der Waals surface area (Å²) in [5.41, 5.74) is 0.985. The van der Waals surface area contributed by atoms with E-state index in [9.17, 15) is 0 Å². The van der Waals surface area contributed by atoms with Gasteiger partial charge in [-0.15, -0.1) is 0 Å². The first-order valence-corrected chi connectivity index (χ1v) is 6.23. The molecule has 0 bridgehead atoms. The molecule has 0 saturated carbocycles. The number of hydrogen-bond donors (Lipinski definition) is 0. The standard InChI is InChI=1S/C10H8BrNO2S/c11-6-1-2-8-9(3-6)15-10(12-8)14-7-4-13-5-7/h1-3,7H,4-5H2. The number of halogens is 1. The van der Waals surface area contributed by atoms with Crippen LogP contribution in [-0.4, -0.2) is 24.3 Å². The molecular formula is C10H8BrNO2S. The zero-order valence-electron chi connectivity index (χ0n) is 7.77. The Kier molecular flexibility index (Phi) is 2.38. The highest BCUT2D eigenvalue weighted by molar-refractivity contribution is 9.10. The minimum atomic E-state index is 0.189. The largest absolute Gasteiger partial charge is 0.462 e. The van der Waals surface area contributed by atoms with Gasteiger partial charge in [-0.2, -0.15) is 0 Å². The van der Waals surface area contributed by atoms with E-state index in [4.69, 9.17) is 9.47 Å². The summed E-state index contributed by atoms with van der Waals surface area (Å²) in [6.45, 7) is 1.36. The highest BCUT2D eigenvalue weighted by Crippen LogP contribution is 2.31. The molecule has 0 radical (unpaired) electrons. The summed E-state index contributed by atoms with van der Waals surface area (Å²) in [6.07, 6.45) is 0.189. The van der Waals surface area contributed by atoms with Crippen LogP contribution in [0.15, 0.2) is 22.7 Å². The fraction of sp³-hybridized carbons (Fsp3) is 0.300. The second-order valence-corrected chi connectivity index (χ2v) is 5.28. The molecule has 78 valence electrons. The van der Waals surface area contributed by atoms with Gasteiger partial charge in [0.1, 0.15) is 6.10 Å². The van der Waals surface area contributed by atoms with E-state index >= 15 is 0 Å². The van der Waals surface area contributed by atoms with Crippen LogP contribution in [0.2, 0.25) is 0 Å². The van der Waals surface area contributed by atoms with Crippen LogP contribution in [0.25, 0.3) is 10.2 Å². The molecule has 1 saturated heterocycles. The van der Waals surface area contributed by atoms with Crippen LogP contribution in [0.1, 0.15) is 0 Å². The first kappa shape index (κ1) is 9.57. The van der Waals surface area contributed by atoms with Gasteiger partial charge in [0, 0.05) is 4.47 Å². The average molecular weight is 286 g/mol. The van der Waals surface area contributed by atoms with Crippen molar-refractivity contribution in [2.24, 2.45) is 0 Å². The molecule has 1 aliphatic heterocycles. The number of fused-ring (bicyclic) bond motifs is 1. The average Bonchev–Trinajstić information content (AvgIpc) is 2.53. The maximum atomic E-state index is 5.64. The number of benzene rings is 1. The molecule has 2 aromatic rings. The third-order valence-electron chi connectivity index (χ3n) is 2.21. The maximum Gasteiger partial charge on any atom is 0.274 e. The van der Waals surface area contributed by atoms with Crippen molar-refractivity contribution in [1.82, 2.24) is 4.98 Å². The van der Waals surface area contributed by atoms with Crippen molar-refractivity contribution in [3.8, 4) is 5.19 Å². The smallest absolute Gasteiger partial charge is 0.274 e. The predicted molar refractivity (Wildman–Crippen MR) is 62.6 cm³/mol. The number of hydrogen-bond acceptors (Lipinski definition) is 4. The number of rotatable bonds is 2. The molecule has 0 spiro atoms. The van der Waals surface area contributed by atoms with E-state index in [1.807, 2.05) is 12.1 Å². The van der Waals surface area contributed by atoms with E-state index in [1.54, 1.807) is 11.3 Å². The topological polar surface area (TPSA) is 31.4 Å². The third kappa shape index (κ3) is 1.87. The van der Waals surface area contributed by atoms with Crippen LogP contribution in [0.4, 0.5) is 0 Å². The van der Waals surface area contributed by atoms with E-state index in [2.05, 4.69) is 27.0 Å². The van der Waals surface area contributed by atoms with E-state index < -0.39 is 0 Å². The van der Waals surface area contributed by atoms with Gasteiger partial charge in [0.15, 0.2) is 0 Å². The van der Waals surface area contributed by atoms with Crippen molar-refractivity contribution in [3.05, 3.63) is 22.7 Å². The Morgan fingerprint density at radius 2 is 2.33 bits per heavy atom. The van der Waals surface area contributed by atoms with Crippen molar-refractivity contribution in [1.29, 1.82) is 0 Å². The molecule has 0 aliphatic carbocycles. The van der Waals surface area contributed by atoms with Gasteiger partial charge in [0.25, 0.3) is 5.19 Å². The van der Waals surface area contributed by atoms with Crippen LogP contribution < -0.4 is 4.74 Å². The number of nitrogens with zero attached hydrogens (tertiary/aromatic N) is 1. The van der Waals surface area contributed by atoms with Crippen LogP contribution in [0, 0.1) is 0 Å². The second-order valence-electron chi connectivity index (χ2n) is 3.37. The van der Waals surface area contributed by atoms with Gasteiger partial charge in [0.2, 0.25) is 0 Å². The fourth-order valence-corrected chi connectivity index (χ4v) is 2.79. The van der Waals surface area contributed by atoms with Gasteiger partial charge >= 0.3 is 0 Å². The van der Waals surface area contributed by atoms with E-state index in [1.165, 1.54) is 0 Å². The second kappa shape index (κ2) is 3.73. The van der Waals surface area contributed by atoms with Crippen LogP contribution >= 0.6 is 27.3 Å². The molecule has 3 nitrogen and oxygen atoms in total. The molecule has 5 heteroatoms. The summed E-state index contributed by atoms with van der Waals surface area (Å²) in [5, 5.41) is 0.733. The molecule has 15 heavy (non-hydrogen) atoms. The fourth-order valence-electron chi connectivity index (χ4n) is 1.35. The van der Waals surface area contributed by atoms with Crippen molar-refractivity contribution >= 4 is 37.5 Å². The molecule has 2 heterocycles. The Bertz CT molecular complexity index is 495. The SMILES string of the molecule is Brc1ccc2nc(OC3COC3)sc2c1. The zero-order chi connectivity index (χ0) is 10.3. The summed E-state index contributed by atoms with van der Waals surface area (Å²) < 4.78 is 12.9. The van der Waals surface area contributed by atoms with Crippen molar-refractivity contribution in [3.63, 3.8) is 0 Å². The first-order chi connectivity index (χ1) is 7.31. The molecule has 0 unspecified atom stereocenters. The number of thiazole rings is 1. The molecule has 1 aliphatic rings. The highest BCUT2D eigenvalue weighted by Gasteiger charge is 2.21. The van der Waals surface area contributed by atoms with Crippen LogP contribution in [0.3, 0.4) is 0 Å². The highest BCUT2D eigenvalue weighted by atomic mass is 79.9. The summed E-state index contributed by atoms with van der Waals surface area (Å²) >= 11 is 5.01. The van der Waals surface area contributed by atoms with Gasteiger partial charge in [-0.3, -0.25) is 0 Å². The number of ether oxygens (including phenoxy) is 2. The minimum Gasteiger partial charge on any atom is -0.462 e. The lowest BCUT2D eigenvalue weighted by molar-refractivity contribution is -0.0796. The lowest BCUT2D eigenvalue weighted by atomic mass is 10.3. The van der Waals surface area contributed by atoms with E-state index in [-0.39, 0.29) is 6.10 Å². The first-order valence-electron chi connectivity index (χ1n) is 4.62. The Morgan fingerprint density at radius 1 is 1.47 bits per heavy atom. The van der Waals surface area contributed by atoms with Gasteiger partial charge in [-0.05, 0) is 18.2 Å². The number of aromatic nitrogens is 1. The predicted octanol–water partition coefficient (Wildman–Crippen LogP) is 2.84. The lowest BCUT2D eigenvalue weighted by Gasteiger charge is -2.25. The summed E-state index contributed by atoms with van der Waals surface area (Å²) in [5.74, 6) is 0. The monoisotopic (exact) mass is 285 g/mol. The normalized spacial score (nSPS) is 16.6. The molecular weight excluding hydrogens is 278 g/mol. The van der Waals surface area contributed by atoms with Gasteiger partial charge in [-0.1, -0.05) is 27.3 Å². The Hall–Kier alpha value is -0.650. The molecule has 0 atom stereocenters. The van der Waals surface area contributed by atoms with Gasteiger partial charge in [-0.25, -0.2) is 4.98 Å². The summed E-state index contributed by atoms with van der Waals surface area (Å²) in [4.78, 5) is 4.40. The molecule has 1 fully saturated rings. The molecule has 3 rings (SSSR count). The molecule has 0 N–H and O–H groups in total. The Labute approximate surface area is 99.2 Å². The minimum absolute atomic E-state index is 0.189. The van der Waals surface area contributed by atoms with E-state index in [0.29, 0.717) is 13.2 Å². The van der Waals surface area contributed by atoms with Crippen LogP contribution in [-0.2, 0) is 4.74 Å². The van der Waals surface area contributed by atoms with Crippen molar-refractivity contribution < 1.29 is 9.47 Å². The Balaban J connectivity index is 1.91. The summed E-state index contributed by atoms with van der Waals surface area (Å²) in [7, 11) is 0. The van der Waals surface area contributed by atoms with Crippen molar-refractivity contribution in [2.45, 2.75) is 6.10 Å². The summed E-state index contributed by atoms with van der Waals surface area (Å²) in [6, 6.07) is 6.02. The molecule has 0 amide bonds. The molecule has 1 aromatic heterocycles. The van der Waals surface area contributed by atoms with Crippen LogP contribution in [0.5, 0.6) is 5.19 Å². The third-order valence-corrected chi connectivity index (χ3v) is 3.61. The molecule has 1 aromatic carbocycles. The van der Waals surface area contributed by atoms with Crippen molar-refractivity contribution in [2.75, 3.05) is 13.2 Å². The zero-order valence-corrected chi connectivity index (χ0v) is 10.2. The van der Waals surface area contributed by atoms with Gasteiger partial charge < -0.3 is 9.47 Å². The maximum absolute atomic E-state index is 5.64. The van der Waals surface area contributed by atoms with Gasteiger partial charge in [0.05, 0.1) is 23.4 Å². The lowest BCUT2D eigenvalue weighted by Crippen LogP contribution is -2.38. The van der Waals surface area contributed by atoms with E-state index in [0.717, 1.165) is 19.9 Å². The quantitative estimate of drug-likeness (QED) is 0.850. The Morgan fingerprint density at radius 3 is 3.07 bits per heavy atom.